The molecule has 0 bridgehead atoms. The minimum atomic E-state index is 0.290. The minimum absolute atomic E-state index is 0.290. The lowest BCUT2D eigenvalue weighted by molar-refractivity contribution is -0.134. The maximum absolute atomic E-state index is 12.3. The van der Waals surface area contributed by atoms with E-state index in [1.54, 1.807) is 0 Å². The molecule has 19 heavy (non-hydrogen) atoms. The Hall–Kier alpha value is -0.650. The van der Waals surface area contributed by atoms with Crippen LogP contribution in [0.4, 0.5) is 0 Å². The highest BCUT2D eigenvalue weighted by Crippen LogP contribution is 2.18. The monoisotopic (exact) mass is 268 g/mol. The molecule has 5 nitrogen and oxygen atoms in total. The van der Waals surface area contributed by atoms with Gasteiger partial charge >= 0.3 is 0 Å². The summed E-state index contributed by atoms with van der Waals surface area (Å²) in [6.45, 7) is 8.46. The van der Waals surface area contributed by atoms with Gasteiger partial charge in [-0.3, -0.25) is 9.69 Å². The number of likely N-dealkylation sites (tertiary alicyclic amines) is 1. The first-order valence-corrected chi connectivity index (χ1v) is 7.54. The molecule has 0 spiro atoms. The van der Waals surface area contributed by atoms with Crippen molar-refractivity contribution < 1.29 is 4.79 Å². The van der Waals surface area contributed by atoms with Crippen molar-refractivity contribution in [2.24, 2.45) is 11.7 Å². The van der Waals surface area contributed by atoms with E-state index in [4.69, 9.17) is 5.73 Å². The smallest absolute Gasteiger partial charge is 0.236 e. The molecule has 2 heterocycles. The fraction of sp³-hybridized carbons (Fsp3) is 0.929. The van der Waals surface area contributed by atoms with Crippen molar-refractivity contribution in [3.63, 3.8) is 0 Å². The zero-order valence-corrected chi connectivity index (χ0v) is 12.3. The Kier molecular flexibility index (Phi) is 5.19. The highest BCUT2D eigenvalue weighted by molar-refractivity contribution is 5.78. The number of nitrogens with zero attached hydrogens (tertiary/aromatic N) is 3. The maximum atomic E-state index is 12.3. The topological polar surface area (TPSA) is 52.8 Å². The first-order chi connectivity index (χ1) is 9.10. The number of nitrogens with two attached hydrogens (primary N) is 1. The van der Waals surface area contributed by atoms with Crippen molar-refractivity contribution in [2.45, 2.75) is 25.8 Å². The normalized spacial score (nSPS) is 30.6. The average Bonchev–Trinajstić information content (AvgIpc) is 2.41. The standard InChI is InChI=1S/C14H28N4O/c1-3-12-10-17(5-4-13(12)15)11-14(19)18-8-6-16(2)7-9-18/h12-13H,3-11,15H2,1-2H3. The van der Waals surface area contributed by atoms with E-state index >= 15 is 0 Å². The summed E-state index contributed by atoms with van der Waals surface area (Å²) in [6, 6.07) is 0.319. The Morgan fingerprint density at radius 1 is 1.21 bits per heavy atom. The lowest BCUT2D eigenvalue weighted by atomic mass is 9.91. The van der Waals surface area contributed by atoms with Crippen molar-refractivity contribution >= 4 is 5.91 Å². The first-order valence-electron chi connectivity index (χ1n) is 7.54. The van der Waals surface area contributed by atoms with Crippen LogP contribution in [0.25, 0.3) is 0 Å². The van der Waals surface area contributed by atoms with Crippen molar-refractivity contribution in [1.82, 2.24) is 14.7 Å². The molecule has 0 aromatic carbocycles. The van der Waals surface area contributed by atoms with Crippen LogP contribution < -0.4 is 5.73 Å². The summed E-state index contributed by atoms with van der Waals surface area (Å²) in [4.78, 5) is 18.9. The van der Waals surface area contributed by atoms with Gasteiger partial charge in [-0.1, -0.05) is 13.3 Å². The van der Waals surface area contributed by atoms with Gasteiger partial charge in [-0.2, -0.15) is 0 Å². The van der Waals surface area contributed by atoms with Crippen LogP contribution in [0.2, 0.25) is 0 Å². The molecule has 2 atom stereocenters. The summed E-state index contributed by atoms with van der Waals surface area (Å²) in [5.74, 6) is 0.840. The van der Waals surface area contributed by atoms with Crippen LogP contribution in [-0.4, -0.2) is 79.5 Å². The van der Waals surface area contributed by atoms with E-state index in [1.807, 2.05) is 4.90 Å². The third-order valence-corrected chi connectivity index (χ3v) is 4.62. The van der Waals surface area contributed by atoms with Crippen LogP contribution >= 0.6 is 0 Å². The number of piperazine rings is 1. The Labute approximate surface area is 116 Å². The molecular formula is C14H28N4O. The number of hydrogen-bond donors (Lipinski definition) is 1. The van der Waals surface area contributed by atoms with Crippen molar-refractivity contribution in [2.75, 3.05) is 52.9 Å². The quantitative estimate of drug-likeness (QED) is 0.771. The number of carbonyl (C=O) groups excluding carboxylic acids is 1. The van der Waals surface area contributed by atoms with Gasteiger partial charge in [-0.15, -0.1) is 0 Å². The summed E-state index contributed by atoms with van der Waals surface area (Å²) < 4.78 is 0. The van der Waals surface area contributed by atoms with Gasteiger partial charge < -0.3 is 15.5 Å². The zero-order chi connectivity index (χ0) is 13.8. The predicted octanol–water partition coefficient (Wildman–Crippen LogP) is -0.180. The molecular weight excluding hydrogens is 240 g/mol. The second kappa shape index (κ2) is 6.68. The van der Waals surface area contributed by atoms with Gasteiger partial charge in [0.15, 0.2) is 0 Å². The van der Waals surface area contributed by atoms with Crippen molar-refractivity contribution in [1.29, 1.82) is 0 Å². The molecule has 2 saturated heterocycles. The molecule has 110 valence electrons. The van der Waals surface area contributed by atoms with Crippen LogP contribution in [0, 0.1) is 5.92 Å². The van der Waals surface area contributed by atoms with Crippen LogP contribution in [-0.2, 0) is 4.79 Å². The van der Waals surface area contributed by atoms with E-state index < -0.39 is 0 Å². The number of likely N-dealkylation sites (N-methyl/N-ethyl adjacent to an activating group) is 1. The van der Waals surface area contributed by atoms with Crippen LogP contribution in [0.5, 0.6) is 0 Å². The maximum Gasteiger partial charge on any atom is 0.236 e. The number of rotatable bonds is 3. The lowest BCUT2D eigenvalue weighted by Crippen LogP contribution is -2.53. The molecule has 1 amide bonds. The average molecular weight is 268 g/mol. The second-order valence-corrected chi connectivity index (χ2v) is 6.04. The fourth-order valence-electron chi connectivity index (χ4n) is 3.05. The molecule has 0 aromatic heterocycles. The van der Waals surface area contributed by atoms with E-state index in [1.165, 1.54) is 0 Å². The number of amides is 1. The molecule has 2 aliphatic rings. The lowest BCUT2D eigenvalue weighted by Gasteiger charge is -2.38. The van der Waals surface area contributed by atoms with E-state index in [0.29, 0.717) is 24.4 Å². The van der Waals surface area contributed by atoms with Crippen LogP contribution in [0.15, 0.2) is 0 Å². The Bertz CT molecular complexity index is 302. The Morgan fingerprint density at radius 3 is 2.53 bits per heavy atom. The summed E-state index contributed by atoms with van der Waals surface area (Å²) in [5.41, 5.74) is 6.11. The van der Waals surface area contributed by atoms with Gasteiger partial charge in [0.2, 0.25) is 5.91 Å². The number of hydrogen-bond acceptors (Lipinski definition) is 4. The van der Waals surface area contributed by atoms with E-state index in [9.17, 15) is 4.79 Å². The van der Waals surface area contributed by atoms with Crippen LogP contribution in [0.1, 0.15) is 19.8 Å². The van der Waals surface area contributed by atoms with E-state index in [-0.39, 0.29) is 0 Å². The predicted molar refractivity (Wildman–Crippen MR) is 76.9 cm³/mol. The Morgan fingerprint density at radius 2 is 1.89 bits per heavy atom. The molecule has 2 aliphatic heterocycles. The third-order valence-electron chi connectivity index (χ3n) is 4.62. The van der Waals surface area contributed by atoms with E-state index in [2.05, 4.69) is 23.8 Å². The molecule has 0 saturated carbocycles. The summed E-state index contributed by atoms with van der Waals surface area (Å²) in [5, 5.41) is 0. The van der Waals surface area contributed by atoms with Gasteiger partial charge in [0.25, 0.3) is 0 Å². The summed E-state index contributed by atoms with van der Waals surface area (Å²) in [6.07, 6.45) is 2.13. The third kappa shape index (κ3) is 3.91. The molecule has 0 radical (unpaired) electrons. The van der Waals surface area contributed by atoms with Crippen LogP contribution in [0.3, 0.4) is 0 Å². The molecule has 2 N–H and O–H groups in total. The highest BCUT2D eigenvalue weighted by Gasteiger charge is 2.28. The molecule has 0 aromatic rings. The van der Waals surface area contributed by atoms with Gasteiger partial charge in [0.1, 0.15) is 0 Å². The van der Waals surface area contributed by atoms with Gasteiger partial charge in [0.05, 0.1) is 6.54 Å². The SMILES string of the molecule is CCC1CN(CC(=O)N2CCN(C)CC2)CCC1N. The first kappa shape index (κ1) is 14.8. The van der Waals surface area contributed by atoms with Crippen molar-refractivity contribution in [3.8, 4) is 0 Å². The summed E-state index contributed by atoms with van der Waals surface area (Å²) >= 11 is 0. The molecule has 2 unspecified atom stereocenters. The number of carbonyl (C=O) groups is 1. The largest absolute Gasteiger partial charge is 0.339 e. The molecule has 5 heteroatoms. The molecule has 2 fully saturated rings. The molecule has 2 rings (SSSR count). The van der Waals surface area contributed by atoms with Gasteiger partial charge in [0, 0.05) is 45.3 Å². The Balaban J connectivity index is 1.79. The zero-order valence-electron chi connectivity index (χ0n) is 12.3. The number of piperidine rings is 1. The van der Waals surface area contributed by atoms with Gasteiger partial charge in [-0.25, -0.2) is 0 Å². The van der Waals surface area contributed by atoms with Gasteiger partial charge in [-0.05, 0) is 19.4 Å². The fourth-order valence-corrected chi connectivity index (χ4v) is 3.05. The highest BCUT2D eigenvalue weighted by atomic mass is 16.2. The van der Waals surface area contributed by atoms with Crippen molar-refractivity contribution in [3.05, 3.63) is 0 Å². The molecule has 0 aliphatic carbocycles. The van der Waals surface area contributed by atoms with E-state index in [0.717, 1.165) is 52.1 Å². The minimum Gasteiger partial charge on any atom is -0.339 e. The second-order valence-electron chi connectivity index (χ2n) is 6.04. The summed E-state index contributed by atoms with van der Waals surface area (Å²) in [7, 11) is 2.11.